The molecule has 2 aromatic rings. The van der Waals surface area contributed by atoms with Crippen LogP contribution in [-0.2, 0) is 0 Å². The Morgan fingerprint density at radius 1 is 1.11 bits per heavy atom. The standard InChI is InChI=1S/C16H13ClO2/c1-19-16-9-5-2-6-12(16)10-11-15(18)13-7-3-4-8-14(13)17/h2-11H,1H3. The van der Waals surface area contributed by atoms with E-state index in [1.54, 1.807) is 37.5 Å². The maximum absolute atomic E-state index is 12.0. The van der Waals surface area contributed by atoms with Crippen LogP contribution in [0.25, 0.3) is 6.08 Å². The van der Waals surface area contributed by atoms with Gasteiger partial charge in [0.15, 0.2) is 5.78 Å². The van der Waals surface area contributed by atoms with Gasteiger partial charge in [0.2, 0.25) is 0 Å². The molecule has 0 bridgehead atoms. The predicted molar refractivity (Wildman–Crippen MR) is 77.8 cm³/mol. The van der Waals surface area contributed by atoms with Gasteiger partial charge in [-0.2, -0.15) is 0 Å². The van der Waals surface area contributed by atoms with E-state index in [9.17, 15) is 4.79 Å². The van der Waals surface area contributed by atoms with Crippen LogP contribution in [0.2, 0.25) is 5.02 Å². The van der Waals surface area contributed by atoms with Crippen molar-refractivity contribution in [2.75, 3.05) is 7.11 Å². The van der Waals surface area contributed by atoms with E-state index >= 15 is 0 Å². The zero-order valence-electron chi connectivity index (χ0n) is 10.5. The highest BCUT2D eigenvalue weighted by Gasteiger charge is 2.06. The molecule has 2 nitrogen and oxygen atoms in total. The summed E-state index contributed by atoms with van der Waals surface area (Å²) in [7, 11) is 1.60. The Kier molecular flexibility index (Phi) is 4.37. The SMILES string of the molecule is COc1ccccc1C=CC(=O)c1ccccc1Cl. The Morgan fingerprint density at radius 2 is 1.79 bits per heavy atom. The highest BCUT2D eigenvalue weighted by Crippen LogP contribution is 2.20. The maximum atomic E-state index is 12.0. The fourth-order valence-electron chi connectivity index (χ4n) is 1.72. The second-order valence-electron chi connectivity index (χ2n) is 3.92. The number of rotatable bonds is 4. The molecule has 0 fully saturated rings. The molecule has 2 rings (SSSR count). The third kappa shape index (κ3) is 3.24. The van der Waals surface area contributed by atoms with Crippen LogP contribution in [0, 0.1) is 0 Å². The number of halogens is 1. The summed E-state index contributed by atoms with van der Waals surface area (Å²) in [5.74, 6) is 0.599. The lowest BCUT2D eigenvalue weighted by atomic mass is 10.1. The van der Waals surface area contributed by atoms with Crippen molar-refractivity contribution in [3.05, 3.63) is 70.8 Å². The summed E-state index contributed by atoms with van der Waals surface area (Å²) in [5.41, 5.74) is 1.35. The number of allylic oxidation sites excluding steroid dienone is 1. The Balaban J connectivity index is 2.24. The molecule has 0 radical (unpaired) electrons. The molecule has 0 heterocycles. The molecule has 2 aromatic carbocycles. The van der Waals surface area contributed by atoms with Crippen LogP contribution in [0.15, 0.2) is 54.6 Å². The second-order valence-corrected chi connectivity index (χ2v) is 4.33. The summed E-state index contributed by atoms with van der Waals surface area (Å²) in [6.45, 7) is 0. The van der Waals surface area contributed by atoms with Crippen LogP contribution in [0.3, 0.4) is 0 Å². The van der Waals surface area contributed by atoms with Crippen LogP contribution in [0.1, 0.15) is 15.9 Å². The van der Waals surface area contributed by atoms with Gasteiger partial charge in [0, 0.05) is 11.1 Å². The molecule has 96 valence electrons. The van der Waals surface area contributed by atoms with E-state index in [0.717, 1.165) is 11.3 Å². The molecular formula is C16H13ClO2. The molecule has 0 aliphatic carbocycles. The molecule has 0 saturated carbocycles. The Bertz CT molecular complexity index is 618. The number of hydrogen-bond donors (Lipinski definition) is 0. The summed E-state index contributed by atoms with van der Waals surface area (Å²) in [6, 6.07) is 14.5. The average Bonchev–Trinajstić information content (AvgIpc) is 2.45. The summed E-state index contributed by atoms with van der Waals surface area (Å²) in [5, 5.41) is 0.456. The maximum Gasteiger partial charge on any atom is 0.187 e. The normalized spacial score (nSPS) is 10.6. The molecule has 0 saturated heterocycles. The van der Waals surface area contributed by atoms with Gasteiger partial charge in [-0.15, -0.1) is 0 Å². The van der Waals surface area contributed by atoms with Gasteiger partial charge in [-0.1, -0.05) is 41.9 Å². The van der Waals surface area contributed by atoms with Gasteiger partial charge in [-0.05, 0) is 30.4 Å². The van der Waals surface area contributed by atoms with E-state index in [-0.39, 0.29) is 5.78 Å². The fraction of sp³-hybridized carbons (Fsp3) is 0.0625. The largest absolute Gasteiger partial charge is 0.496 e. The highest BCUT2D eigenvalue weighted by molar-refractivity contribution is 6.34. The van der Waals surface area contributed by atoms with E-state index in [4.69, 9.17) is 16.3 Å². The Labute approximate surface area is 117 Å². The molecular weight excluding hydrogens is 260 g/mol. The summed E-state index contributed by atoms with van der Waals surface area (Å²) in [4.78, 5) is 12.0. The quantitative estimate of drug-likeness (QED) is 0.614. The second kappa shape index (κ2) is 6.21. The van der Waals surface area contributed by atoms with Crippen LogP contribution in [0.5, 0.6) is 5.75 Å². The van der Waals surface area contributed by atoms with Crippen molar-refractivity contribution in [3.63, 3.8) is 0 Å². The number of hydrogen-bond acceptors (Lipinski definition) is 2. The molecule has 3 heteroatoms. The van der Waals surface area contributed by atoms with Crippen molar-refractivity contribution in [1.82, 2.24) is 0 Å². The molecule has 0 aliphatic heterocycles. The number of carbonyl (C=O) groups excluding carboxylic acids is 1. The van der Waals surface area contributed by atoms with Gasteiger partial charge in [-0.25, -0.2) is 0 Å². The van der Waals surface area contributed by atoms with E-state index in [2.05, 4.69) is 0 Å². The fourth-order valence-corrected chi connectivity index (χ4v) is 1.95. The Morgan fingerprint density at radius 3 is 2.53 bits per heavy atom. The Hall–Kier alpha value is -2.06. The van der Waals surface area contributed by atoms with Gasteiger partial charge in [0.25, 0.3) is 0 Å². The lowest BCUT2D eigenvalue weighted by Crippen LogP contribution is -1.95. The monoisotopic (exact) mass is 272 g/mol. The molecule has 0 spiro atoms. The van der Waals surface area contributed by atoms with Gasteiger partial charge in [0.1, 0.15) is 5.75 Å². The van der Waals surface area contributed by atoms with E-state index in [1.165, 1.54) is 6.08 Å². The molecule has 19 heavy (non-hydrogen) atoms. The van der Waals surface area contributed by atoms with Crippen LogP contribution < -0.4 is 4.74 Å². The van der Waals surface area contributed by atoms with Crippen molar-refractivity contribution in [3.8, 4) is 5.75 Å². The molecule has 0 aromatic heterocycles. The minimum Gasteiger partial charge on any atom is -0.496 e. The minimum atomic E-state index is -0.128. The predicted octanol–water partition coefficient (Wildman–Crippen LogP) is 4.24. The van der Waals surface area contributed by atoms with Crippen molar-refractivity contribution < 1.29 is 9.53 Å². The van der Waals surface area contributed by atoms with Gasteiger partial charge >= 0.3 is 0 Å². The number of benzene rings is 2. The first-order valence-corrected chi connectivity index (χ1v) is 6.20. The first kappa shape index (κ1) is 13.4. The van der Waals surface area contributed by atoms with Crippen molar-refractivity contribution in [2.24, 2.45) is 0 Å². The zero-order valence-corrected chi connectivity index (χ0v) is 11.2. The average molecular weight is 273 g/mol. The minimum absolute atomic E-state index is 0.128. The zero-order chi connectivity index (χ0) is 13.7. The van der Waals surface area contributed by atoms with Crippen LogP contribution >= 0.6 is 11.6 Å². The summed E-state index contributed by atoms with van der Waals surface area (Å²) >= 11 is 5.98. The third-order valence-electron chi connectivity index (χ3n) is 2.69. The van der Waals surface area contributed by atoms with Gasteiger partial charge in [-0.3, -0.25) is 4.79 Å². The van der Waals surface area contributed by atoms with E-state index in [0.29, 0.717) is 10.6 Å². The molecule has 0 aliphatic rings. The first-order valence-electron chi connectivity index (χ1n) is 5.82. The molecule has 0 atom stereocenters. The number of carbonyl (C=O) groups is 1. The van der Waals surface area contributed by atoms with Crippen molar-refractivity contribution >= 4 is 23.5 Å². The summed E-state index contributed by atoms with van der Waals surface area (Å²) < 4.78 is 5.22. The highest BCUT2D eigenvalue weighted by atomic mass is 35.5. The lowest BCUT2D eigenvalue weighted by molar-refractivity contribution is 0.104. The summed E-state index contributed by atoms with van der Waals surface area (Å²) in [6.07, 6.45) is 3.23. The third-order valence-corrected chi connectivity index (χ3v) is 3.02. The van der Waals surface area contributed by atoms with Crippen LogP contribution in [0.4, 0.5) is 0 Å². The van der Waals surface area contributed by atoms with Gasteiger partial charge < -0.3 is 4.74 Å². The van der Waals surface area contributed by atoms with Crippen molar-refractivity contribution in [1.29, 1.82) is 0 Å². The lowest BCUT2D eigenvalue weighted by Gasteiger charge is -2.03. The van der Waals surface area contributed by atoms with Gasteiger partial charge in [0.05, 0.1) is 12.1 Å². The smallest absolute Gasteiger partial charge is 0.187 e. The van der Waals surface area contributed by atoms with Crippen LogP contribution in [-0.4, -0.2) is 12.9 Å². The topological polar surface area (TPSA) is 26.3 Å². The first-order chi connectivity index (χ1) is 9.22. The molecule has 0 amide bonds. The van der Waals surface area contributed by atoms with E-state index < -0.39 is 0 Å². The van der Waals surface area contributed by atoms with E-state index in [1.807, 2.05) is 24.3 Å². The number of ether oxygens (including phenoxy) is 1. The van der Waals surface area contributed by atoms with Crippen molar-refractivity contribution in [2.45, 2.75) is 0 Å². The molecule has 0 N–H and O–H groups in total. The number of methoxy groups -OCH3 is 1. The molecule has 0 unspecified atom stereocenters. The number of para-hydroxylation sites is 1. The number of ketones is 1.